The lowest BCUT2D eigenvalue weighted by Crippen LogP contribution is -2.31. The Morgan fingerprint density at radius 2 is 1.66 bits per heavy atom. The second-order valence-corrected chi connectivity index (χ2v) is 10.0. The molecule has 8 heteroatoms. The predicted octanol–water partition coefficient (Wildman–Crippen LogP) is 3.99. The van der Waals surface area contributed by atoms with Gasteiger partial charge in [0.2, 0.25) is 10.0 Å². The van der Waals surface area contributed by atoms with Crippen molar-refractivity contribution in [3.8, 4) is 5.75 Å². The number of carbonyl (C=O) groups excluding carboxylic acids is 1. The number of hydrogen-bond donors (Lipinski definition) is 2. The molecule has 0 atom stereocenters. The third-order valence-electron chi connectivity index (χ3n) is 3.80. The minimum absolute atomic E-state index is 0.0511. The molecular weight excluding hydrogens is 456 g/mol. The van der Waals surface area contributed by atoms with Crippen LogP contribution in [0.4, 0.5) is 0 Å². The molecule has 6 nitrogen and oxygen atoms in total. The van der Waals surface area contributed by atoms with Gasteiger partial charge in [-0.15, -0.1) is 0 Å². The van der Waals surface area contributed by atoms with E-state index in [2.05, 4.69) is 26.0 Å². The Morgan fingerprint density at radius 3 is 2.24 bits per heavy atom. The van der Waals surface area contributed by atoms with Crippen molar-refractivity contribution in [2.75, 3.05) is 0 Å². The van der Waals surface area contributed by atoms with Crippen LogP contribution >= 0.6 is 15.9 Å². The van der Waals surface area contributed by atoms with Gasteiger partial charge in [-0.2, -0.15) is 0 Å². The Kier molecular flexibility index (Phi) is 8.24. The minimum Gasteiger partial charge on any atom is -0.490 e. The third-order valence-corrected chi connectivity index (χ3v) is 5.84. The summed E-state index contributed by atoms with van der Waals surface area (Å²) in [5, 5.41) is 2.88. The molecule has 2 aromatic rings. The lowest BCUT2D eigenvalue weighted by molar-refractivity contribution is 0.0945. The highest BCUT2D eigenvalue weighted by Crippen LogP contribution is 2.25. The Hall–Kier alpha value is -1.90. The van der Waals surface area contributed by atoms with E-state index in [0.29, 0.717) is 23.4 Å². The first-order valence-electron chi connectivity index (χ1n) is 9.38. The van der Waals surface area contributed by atoms with Crippen molar-refractivity contribution in [1.82, 2.24) is 10.0 Å². The largest absolute Gasteiger partial charge is 0.490 e. The molecule has 0 spiro atoms. The highest BCUT2D eigenvalue weighted by Gasteiger charge is 2.15. The van der Waals surface area contributed by atoms with Crippen molar-refractivity contribution >= 4 is 31.9 Å². The van der Waals surface area contributed by atoms with Crippen LogP contribution in [0.1, 0.15) is 49.2 Å². The topological polar surface area (TPSA) is 84.5 Å². The van der Waals surface area contributed by atoms with Crippen molar-refractivity contribution in [2.45, 2.75) is 52.1 Å². The van der Waals surface area contributed by atoms with Crippen LogP contribution in [0.3, 0.4) is 0 Å². The SMILES string of the molecule is CC(C)NS(=O)(=O)Cc1ccc(CNC(=O)c2ccc(Br)cc2OC(C)C)cc1. The first-order chi connectivity index (χ1) is 13.6. The molecule has 2 aromatic carbocycles. The molecule has 1 amide bonds. The summed E-state index contributed by atoms with van der Waals surface area (Å²) in [5.74, 6) is 0.207. The number of hydrogen-bond acceptors (Lipinski definition) is 4. The van der Waals surface area contributed by atoms with Crippen LogP contribution in [0.5, 0.6) is 5.75 Å². The number of sulfonamides is 1. The fraction of sp³-hybridized carbons (Fsp3) is 0.381. The number of benzene rings is 2. The molecule has 0 aliphatic heterocycles. The quantitative estimate of drug-likeness (QED) is 0.565. The molecule has 0 unspecified atom stereocenters. The van der Waals surface area contributed by atoms with Gasteiger partial charge in [-0.3, -0.25) is 4.79 Å². The molecule has 0 bridgehead atoms. The molecule has 0 aliphatic carbocycles. The van der Waals surface area contributed by atoms with Crippen LogP contribution in [0.25, 0.3) is 0 Å². The average Bonchev–Trinajstić information content (AvgIpc) is 2.59. The highest BCUT2D eigenvalue weighted by molar-refractivity contribution is 9.10. The third kappa shape index (κ3) is 7.79. The van der Waals surface area contributed by atoms with Gasteiger partial charge in [-0.05, 0) is 57.0 Å². The second kappa shape index (κ2) is 10.2. The number of ether oxygens (including phenoxy) is 1. The van der Waals surface area contributed by atoms with Crippen LogP contribution in [0.2, 0.25) is 0 Å². The molecule has 158 valence electrons. The number of halogens is 1. The van der Waals surface area contributed by atoms with Gasteiger partial charge in [-0.25, -0.2) is 13.1 Å². The lowest BCUT2D eigenvalue weighted by Gasteiger charge is -2.15. The van der Waals surface area contributed by atoms with Crippen molar-refractivity contribution in [1.29, 1.82) is 0 Å². The molecule has 0 fully saturated rings. The van der Waals surface area contributed by atoms with E-state index in [1.165, 1.54) is 0 Å². The predicted molar refractivity (Wildman–Crippen MR) is 118 cm³/mol. The van der Waals surface area contributed by atoms with E-state index in [0.717, 1.165) is 10.0 Å². The van der Waals surface area contributed by atoms with E-state index in [1.807, 2.05) is 26.0 Å². The van der Waals surface area contributed by atoms with E-state index < -0.39 is 10.0 Å². The zero-order chi connectivity index (χ0) is 21.6. The van der Waals surface area contributed by atoms with Crippen molar-refractivity contribution in [3.05, 3.63) is 63.6 Å². The van der Waals surface area contributed by atoms with Crippen LogP contribution in [-0.4, -0.2) is 26.5 Å². The Morgan fingerprint density at radius 1 is 1.03 bits per heavy atom. The molecule has 0 saturated carbocycles. The summed E-state index contributed by atoms with van der Waals surface area (Å²) in [6.07, 6.45) is -0.0511. The van der Waals surface area contributed by atoms with Gasteiger partial charge in [0.15, 0.2) is 0 Å². The van der Waals surface area contributed by atoms with Crippen LogP contribution in [-0.2, 0) is 22.3 Å². The molecule has 0 heterocycles. The maximum atomic E-state index is 12.6. The van der Waals surface area contributed by atoms with Gasteiger partial charge in [0.05, 0.1) is 17.4 Å². The monoisotopic (exact) mass is 482 g/mol. The summed E-state index contributed by atoms with van der Waals surface area (Å²) in [7, 11) is -3.36. The smallest absolute Gasteiger partial charge is 0.255 e. The first kappa shape index (κ1) is 23.4. The zero-order valence-corrected chi connectivity index (χ0v) is 19.4. The molecule has 2 rings (SSSR count). The number of amides is 1. The summed E-state index contributed by atoms with van der Waals surface area (Å²) in [6.45, 7) is 7.70. The molecule has 0 aromatic heterocycles. The molecular formula is C21H27BrN2O4S. The van der Waals surface area contributed by atoms with Gasteiger partial charge in [0, 0.05) is 17.1 Å². The Labute approximate surface area is 181 Å². The number of carbonyl (C=O) groups is 1. The fourth-order valence-corrected chi connectivity index (χ4v) is 4.46. The van der Waals surface area contributed by atoms with Crippen molar-refractivity contribution < 1.29 is 17.9 Å². The van der Waals surface area contributed by atoms with E-state index in [1.54, 1.807) is 44.2 Å². The summed E-state index contributed by atoms with van der Waals surface area (Å²) < 4.78 is 33.2. The minimum atomic E-state index is -3.36. The van der Waals surface area contributed by atoms with Gasteiger partial charge < -0.3 is 10.1 Å². The van der Waals surface area contributed by atoms with Crippen LogP contribution in [0.15, 0.2) is 46.9 Å². The van der Waals surface area contributed by atoms with Gasteiger partial charge in [0.25, 0.3) is 5.91 Å². The molecule has 0 aliphatic rings. The lowest BCUT2D eigenvalue weighted by atomic mass is 10.1. The van der Waals surface area contributed by atoms with Crippen LogP contribution in [0, 0.1) is 0 Å². The fourth-order valence-electron chi connectivity index (χ4n) is 2.69. The van der Waals surface area contributed by atoms with E-state index in [-0.39, 0.29) is 23.8 Å². The second-order valence-electron chi connectivity index (χ2n) is 7.34. The van der Waals surface area contributed by atoms with Gasteiger partial charge >= 0.3 is 0 Å². The molecule has 0 saturated heterocycles. The maximum absolute atomic E-state index is 12.6. The summed E-state index contributed by atoms with van der Waals surface area (Å²) in [6, 6.07) is 12.3. The normalized spacial score (nSPS) is 11.7. The number of nitrogens with one attached hydrogen (secondary N) is 2. The average molecular weight is 483 g/mol. The summed E-state index contributed by atoms with van der Waals surface area (Å²) in [5.41, 5.74) is 2.03. The molecule has 0 radical (unpaired) electrons. The standard InChI is InChI=1S/C21H27BrN2O4S/c1-14(2)24-29(26,27)13-17-7-5-16(6-8-17)12-23-21(25)19-10-9-18(22)11-20(19)28-15(3)4/h5-11,14-15,24H,12-13H2,1-4H3,(H,23,25). The zero-order valence-electron chi connectivity index (χ0n) is 17.0. The first-order valence-corrected chi connectivity index (χ1v) is 11.8. The molecule has 29 heavy (non-hydrogen) atoms. The van der Waals surface area contributed by atoms with Gasteiger partial charge in [-0.1, -0.05) is 40.2 Å². The number of rotatable bonds is 9. The summed E-state index contributed by atoms with van der Waals surface area (Å²) >= 11 is 3.39. The van der Waals surface area contributed by atoms with Crippen molar-refractivity contribution in [3.63, 3.8) is 0 Å². The Bertz CT molecular complexity index is 942. The maximum Gasteiger partial charge on any atom is 0.255 e. The van der Waals surface area contributed by atoms with Crippen LogP contribution < -0.4 is 14.8 Å². The van der Waals surface area contributed by atoms with E-state index >= 15 is 0 Å². The van der Waals surface area contributed by atoms with Gasteiger partial charge in [0.1, 0.15) is 5.75 Å². The molecule has 2 N–H and O–H groups in total. The summed E-state index contributed by atoms with van der Waals surface area (Å²) in [4.78, 5) is 12.6. The highest BCUT2D eigenvalue weighted by atomic mass is 79.9. The van der Waals surface area contributed by atoms with E-state index in [4.69, 9.17) is 4.74 Å². The van der Waals surface area contributed by atoms with E-state index in [9.17, 15) is 13.2 Å². The van der Waals surface area contributed by atoms with Crippen molar-refractivity contribution in [2.24, 2.45) is 0 Å². The Balaban J connectivity index is 2.01.